The van der Waals surface area contributed by atoms with Gasteiger partial charge in [0.25, 0.3) is 12.3 Å². The van der Waals surface area contributed by atoms with E-state index < -0.39 is 30.3 Å². The van der Waals surface area contributed by atoms with E-state index in [1.807, 2.05) is 41.0 Å². The van der Waals surface area contributed by atoms with Crippen molar-refractivity contribution in [1.29, 1.82) is 0 Å². The number of anilines is 2. The Bertz CT molecular complexity index is 2820. The largest absolute Gasteiger partial charge is 0.374 e. The summed E-state index contributed by atoms with van der Waals surface area (Å²) >= 11 is 0. The van der Waals surface area contributed by atoms with Gasteiger partial charge in [-0.05, 0) is 94.0 Å². The fraction of sp³-hybridized carbons (Fsp3) is 0.489. The number of ether oxygens (including phenoxy) is 2. The van der Waals surface area contributed by atoms with Gasteiger partial charge in [-0.15, -0.1) is 0 Å². The number of hydrogen-bond acceptors (Lipinski definition) is 11. The summed E-state index contributed by atoms with van der Waals surface area (Å²) in [6, 6.07) is 11.4. The first-order valence-corrected chi connectivity index (χ1v) is 22.8. The molecule has 2 bridgehead atoms. The van der Waals surface area contributed by atoms with Crippen LogP contribution in [0.3, 0.4) is 0 Å². The van der Waals surface area contributed by atoms with E-state index in [4.69, 9.17) is 14.5 Å². The van der Waals surface area contributed by atoms with Crippen LogP contribution in [0.5, 0.6) is 0 Å². The summed E-state index contributed by atoms with van der Waals surface area (Å²) in [4.78, 5) is 40.6. The molecule has 1 saturated carbocycles. The Morgan fingerprint density at radius 3 is 2.68 bits per heavy atom. The van der Waals surface area contributed by atoms with Crippen molar-refractivity contribution in [2.24, 2.45) is 5.92 Å². The zero-order valence-corrected chi connectivity index (χ0v) is 35.9. The molecular formula is C47H51F2N11O5. The standard InChI is InChI=1S/C47H51F2N11O5/c48-43(49)42-36(52-46(62)35-23-51-58-20-16-39(53-45(35)58)57-25-33-22-31(57)27-65-33)26-59(55-42)30-10-8-28(9-11-30)24-56-18-14-32(15-19-56)64-21-3-5-29-4-1-7-37-41(29)34-6-2-17-50-44(34)60(37)38-12-13-40(61)54-47(38)63/h1-2,4,6-7,16-17,20,23,26,28,30-33,38,40,43,61H,8-15,18-19,21-22,24-25,27H2,(H,52,62)(H,54,63)/t28?,30?,31-,33-,38?,40?/m1/s1. The lowest BCUT2D eigenvalue weighted by Crippen LogP contribution is -2.44. The van der Waals surface area contributed by atoms with Gasteiger partial charge in [0.2, 0.25) is 5.91 Å². The van der Waals surface area contributed by atoms with E-state index >= 15 is 0 Å². The lowest BCUT2D eigenvalue weighted by Gasteiger charge is -2.36. The summed E-state index contributed by atoms with van der Waals surface area (Å²) in [5.74, 6) is 7.03. The number of amides is 2. The van der Waals surface area contributed by atoms with Crippen LogP contribution in [-0.4, -0.2) is 120 Å². The number of pyridine rings is 1. The third-order valence-electron chi connectivity index (χ3n) is 14.1. The van der Waals surface area contributed by atoms with Crippen molar-refractivity contribution >= 4 is 50.9 Å². The number of likely N-dealkylation sites (tertiary alicyclic amines) is 1. The number of carbonyl (C=O) groups excluding carboxylic acids is 2. The van der Waals surface area contributed by atoms with Crippen LogP contribution in [0.1, 0.15) is 97.9 Å². The number of alkyl halides is 2. The number of halogens is 2. The number of nitrogens with one attached hydrogen (secondary N) is 2. The van der Waals surface area contributed by atoms with Crippen LogP contribution >= 0.6 is 0 Å². The lowest BCUT2D eigenvalue weighted by atomic mass is 9.85. The molecule has 5 aromatic heterocycles. The van der Waals surface area contributed by atoms with Gasteiger partial charge >= 0.3 is 0 Å². The summed E-state index contributed by atoms with van der Waals surface area (Å²) in [7, 11) is 0. The maximum atomic E-state index is 14.3. The highest BCUT2D eigenvalue weighted by Crippen LogP contribution is 2.38. The monoisotopic (exact) mass is 887 g/mol. The maximum absolute atomic E-state index is 14.3. The first-order chi connectivity index (χ1) is 31.7. The topological polar surface area (TPSA) is 169 Å². The molecule has 5 fully saturated rings. The van der Waals surface area contributed by atoms with Gasteiger partial charge in [0.05, 0.1) is 48.3 Å². The van der Waals surface area contributed by atoms with Crippen LogP contribution in [0.25, 0.3) is 27.6 Å². The maximum Gasteiger partial charge on any atom is 0.284 e. The van der Waals surface area contributed by atoms with E-state index in [0.717, 1.165) is 104 Å². The number of piperidine rings is 2. The van der Waals surface area contributed by atoms with Gasteiger partial charge in [0.1, 0.15) is 35.9 Å². The summed E-state index contributed by atoms with van der Waals surface area (Å²) in [6.07, 6.45) is 10.4. The highest BCUT2D eigenvalue weighted by Gasteiger charge is 2.40. The smallest absolute Gasteiger partial charge is 0.284 e. The Morgan fingerprint density at radius 2 is 1.89 bits per heavy atom. The van der Waals surface area contributed by atoms with Crippen molar-refractivity contribution in [3.63, 3.8) is 0 Å². The van der Waals surface area contributed by atoms with E-state index in [9.17, 15) is 23.5 Å². The minimum Gasteiger partial charge on any atom is -0.374 e. The average molecular weight is 888 g/mol. The molecule has 2 unspecified atom stereocenters. The van der Waals surface area contributed by atoms with Gasteiger partial charge in [-0.1, -0.05) is 17.9 Å². The quantitative estimate of drug-likeness (QED) is 0.146. The number of benzene rings is 1. The van der Waals surface area contributed by atoms with Gasteiger partial charge in [0.15, 0.2) is 11.3 Å². The molecule has 4 atom stereocenters. The van der Waals surface area contributed by atoms with E-state index in [-0.39, 0.29) is 41.4 Å². The van der Waals surface area contributed by atoms with E-state index in [1.54, 1.807) is 23.3 Å². The highest BCUT2D eigenvalue weighted by molar-refractivity contribution is 6.10. The Labute approximate surface area is 373 Å². The molecule has 1 aromatic carbocycles. The summed E-state index contributed by atoms with van der Waals surface area (Å²) < 4.78 is 45.7. The lowest BCUT2D eigenvalue weighted by molar-refractivity contribution is -0.130. The molecule has 16 nitrogen and oxygen atoms in total. The second-order valence-corrected chi connectivity index (χ2v) is 18.1. The molecule has 1 aliphatic carbocycles. The summed E-state index contributed by atoms with van der Waals surface area (Å²) in [5.41, 5.74) is 2.57. The molecule has 18 heteroatoms. The number of fused-ring (bicyclic) bond motifs is 6. The second kappa shape index (κ2) is 17.4. The van der Waals surface area contributed by atoms with E-state index in [1.165, 1.54) is 10.7 Å². The first kappa shape index (κ1) is 41.7. The zero-order valence-electron chi connectivity index (χ0n) is 35.9. The van der Waals surface area contributed by atoms with Gasteiger partial charge in [-0.3, -0.25) is 14.3 Å². The molecule has 65 heavy (non-hydrogen) atoms. The Morgan fingerprint density at radius 1 is 1.03 bits per heavy atom. The van der Waals surface area contributed by atoms with Crippen LogP contribution in [0.2, 0.25) is 0 Å². The van der Waals surface area contributed by atoms with Crippen LogP contribution in [0.4, 0.5) is 20.3 Å². The molecule has 9 heterocycles. The van der Waals surface area contributed by atoms with Crippen LogP contribution in [-0.2, 0) is 14.3 Å². The van der Waals surface area contributed by atoms with Gasteiger partial charge in [-0.25, -0.2) is 23.3 Å². The number of carbonyl (C=O) groups is 2. The fourth-order valence-corrected chi connectivity index (χ4v) is 10.8. The van der Waals surface area contributed by atoms with Crippen molar-refractivity contribution < 1.29 is 33.0 Å². The van der Waals surface area contributed by atoms with Crippen LogP contribution in [0.15, 0.2) is 61.2 Å². The molecule has 0 radical (unpaired) electrons. The molecular weight excluding hydrogens is 837 g/mol. The molecule has 4 saturated heterocycles. The van der Waals surface area contributed by atoms with Gasteiger partial charge in [0, 0.05) is 61.1 Å². The third kappa shape index (κ3) is 8.08. The van der Waals surface area contributed by atoms with Crippen molar-refractivity contribution in [3.8, 4) is 11.8 Å². The molecule has 5 aliphatic rings. The van der Waals surface area contributed by atoms with Crippen LogP contribution in [0, 0.1) is 17.8 Å². The summed E-state index contributed by atoms with van der Waals surface area (Å²) in [6.45, 7) is 4.56. The van der Waals surface area contributed by atoms with Crippen molar-refractivity contribution in [1.82, 2.24) is 44.1 Å². The predicted molar refractivity (Wildman–Crippen MR) is 237 cm³/mol. The van der Waals surface area contributed by atoms with E-state index in [0.29, 0.717) is 37.6 Å². The molecule has 2 amide bonds. The van der Waals surface area contributed by atoms with Gasteiger partial charge in [-0.2, -0.15) is 10.2 Å². The molecule has 3 N–H and O–H groups in total. The normalized spacial score (nSPS) is 25.2. The highest BCUT2D eigenvalue weighted by atomic mass is 19.3. The molecule has 0 spiro atoms. The predicted octanol–water partition coefficient (Wildman–Crippen LogP) is 5.63. The van der Waals surface area contributed by atoms with Crippen molar-refractivity contribution in [2.45, 2.75) is 101 Å². The zero-order chi connectivity index (χ0) is 44.2. The Balaban J connectivity index is 0.666. The molecule has 6 aromatic rings. The van der Waals surface area contributed by atoms with Crippen molar-refractivity contribution in [3.05, 3.63) is 78.0 Å². The SMILES string of the molecule is O=C(Nc1cn(C2CCC(CN3CCC(OCC#Cc4cccc5c4c4cccnc4n5C4CCC(O)NC4=O)CC3)CC2)nc1C(F)F)c1cnn2ccc(N3C[C@H]4C[C@@H]3CO4)nc12. The number of aromatic nitrogens is 7. The summed E-state index contributed by atoms with van der Waals surface area (Å²) in [5, 5.41) is 25.8. The number of hydrogen-bond donors (Lipinski definition) is 3. The Kier molecular flexibility index (Phi) is 11.2. The third-order valence-corrected chi connectivity index (χ3v) is 14.1. The molecule has 4 aliphatic heterocycles. The fourth-order valence-electron chi connectivity index (χ4n) is 10.8. The van der Waals surface area contributed by atoms with Crippen molar-refractivity contribution in [2.75, 3.05) is 49.6 Å². The molecule has 338 valence electrons. The number of rotatable bonds is 10. The number of aliphatic hydroxyl groups is 1. The van der Waals surface area contributed by atoms with Gasteiger partial charge < -0.3 is 39.6 Å². The molecule has 11 rings (SSSR count). The second-order valence-electron chi connectivity index (χ2n) is 18.1. The van der Waals surface area contributed by atoms with E-state index in [2.05, 4.69) is 47.5 Å². The minimum absolute atomic E-state index is 0.000301. The number of morpholine rings is 1. The average Bonchev–Trinajstić information content (AvgIpc) is 4.17. The Hall–Kier alpha value is -6.00. The number of aliphatic hydroxyl groups excluding tert-OH is 1. The number of nitrogens with zero attached hydrogens (tertiary/aromatic N) is 9. The first-order valence-electron chi connectivity index (χ1n) is 22.8. The van der Waals surface area contributed by atoms with Crippen LogP contribution < -0.4 is 15.5 Å². The minimum atomic E-state index is -2.86.